The minimum atomic E-state index is -4.64. The van der Waals surface area contributed by atoms with Gasteiger partial charge in [-0.25, -0.2) is 4.57 Å². The molecule has 0 bridgehead atoms. The Balaban J connectivity index is -0.0000000800. The van der Waals surface area contributed by atoms with Gasteiger partial charge in [-0.15, -0.1) is 0 Å². The van der Waals surface area contributed by atoms with Gasteiger partial charge in [-0.1, -0.05) is 0 Å². The van der Waals surface area contributed by atoms with Gasteiger partial charge in [0.05, 0.1) is 0 Å². The Labute approximate surface area is 78.6 Å². The van der Waals surface area contributed by atoms with Gasteiger partial charge in [0, 0.05) is 52.2 Å². The summed E-state index contributed by atoms with van der Waals surface area (Å²) in [5, 5.41) is 0. The summed E-state index contributed by atoms with van der Waals surface area (Å²) in [7, 11) is -4.64. The van der Waals surface area contributed by atoms with E-state index in [0.717, 1.165) is 0 Å². The average molecular weight is 252 g/mol. The largest absolute Gasteiger partial charge is 0.466 e. The van der Waals surface area contributed by atoms with E-state index in [9.17, 15) is 0 Å². The fourth-order valence-corrected chi connectivity index (χ4v) is 0. The minimum absolute atomic E-state index is 0. The van der Waals surface area contributed by atoms with Crippen molar-refractivity contribution in [2.75, 3.05) is 0 Å². The second-order valence-corrected chi connectivity index (χ2v) is 1.54. The molecular formula is H3O4PYZn. The number of hydrogen-bond donors (Lipinski definition) is 3. The van der Waals surface area contributed by atoms with E-state index in [-0.39, 0.29) is 52.2 Å². The molecule has 0 aromatic heterocycles. The first-order chi connectivity index (χ1) is 2.00. The van der Waals surface area contributed by atoms with Crippen molar-refractivity contribution in [2.45, 2.75) is 0 Å². The van der Waals surface area contributed by atoms with E-state index >= 15 is 0 Å². The van der Waals surface area contributed by atoms with Crippen LogP contribution in [0, 0.1) is 0 Å². The molecule has 0 aliphatic carbocycles. The van der Waals surface area contributed by atoms with E-state index in [1.165, 1.54) is 0 Å². The molecule has 7 heavy (non-hydrogen) atoms. The maximum Gasteiger partial charge on any atom is 0.466 e. The zero-order chi connectivity index (χ0) is 4.50. The molecule has 1 radical (unpaired) electrons. The molecule has 0 aliphatic rings. The molecule has 4 nitrogen and oxygen atoms in total. The van der Waals surface area contributed by atoms with E-state index in [1.807, 2.05) is 0 Å². The summed E-state index contributed by atoms with van der Waals surface area (Å²) >= 11 is 0. The van der Waals surface area contributed by atoms with Crippen molar-refractivity contribution in [1.29, 1.82) is 0 Å². The van der Waals surface area contributed by atoms with E-state index < -0.39 is 7.82 Å². The van der Waals surface area contributed by atoms with Crippen LogP contribution in [0.25, 0.3) is 0 Å². The summed E-state index contributed by atoms with van der Waals surface area (Å²) in [6, 6.07) is 0. The molecule has 3 N–H and O–H groups in total. The molecule has 0 saturated carbocycles. The monoisotopic (exact) mass is 251 g/mol. The van der Waals surface area contributed by atoms with Gasteiger partial charge < -0.3 is 14.7 Å². The average Bonchev–Trinajstić information content (AvgIpc) is 0.722. The van der Waals surface area contributed by atoms with Gasteiger partial charge in [-0.2, -0.15) is 0 Å². The Morgan fingerprint density at radius 1 is 1.14 bits per heavy atom. The zero-order valence-corrected chi connectivity index (χ0v) is 10.2. The predicted octanol–water partition coefficient (Wildman–Crippen LogP) is -0.934. The molecule has 0 aliphatic heterocycles. The van der Waals surface area contributed by atoms with Gasteiger partial charge in [0.1, 0.15) is 0 Å². The molecule has 0 aromatic carbocycles. The van der Waals surface area contributed by atoms with Crippen LogP contribution < -0.4 is 0 Å². The summed E-state index contributed by atoms with van der Waals surface area (Å²) in [5.41, 5.74) is 0. The molecular weight excluding hydrogens is 249 g/mol. The molecule has 7 heteroatoms. The van der Waals surface area contributed by atoms with E-state index in [4.69, 9.17) is 19.2 Å². The Kier molecular flexibility index (Phi) is 13.6. The van der Waals surface area contributed by atoms with Crippen LogP contribution in [0.2, 0.25) is 0 Å². The molecule has 37 valence electrons. The number of rotatable bonds is 0. The van der Waals surface area contributed by atoms with Gasteiger partial charge in [-0.05, 0) is 0 Å². The molecule has 0 saturated heterocycles. The SMILES string of the molecule is O=P(O)(O)O.[Y].[Zn]. The Hall–Kier alpha value is 1.84. The van der Waals surface area contributed by atoms with Gasteiger partial charge in [0.2, 0.25) is 0 Å². The molecule has 0 spiro atoms. The fraction of sp³-hybridized carbons (Fsp3) is 0. The van der Waals surface area contributed by atoms with Crippen molar-refractivity contribution < 1.29 is 71.4 Å². The molecule has 0 unspecified atom stereocenters. The summed E-state index contributed by atoms with van der Waals surface area (Å²) in [4.78, 5) is 21.6. The smallest absolute Gasteiger partial charge is 0.303 e. The topological polar surface area (TPSA) is 77.8 Å². The maximum absolute atomic E-state index is 8.88. The van der Waals surface area contributed by atoms with Crippen LogP contribution in [0.3, 0.4) is 0 Å². The third kappa shape index (κ3) is 79.1. The van der Waals surface area contributed by atoms with Crippen LogP contribution >= 0.6 is 7.82 Å². The Bertz CT molecular complexity index is 57.8. The van der Waals surface area contributed by atoms with Crippen LogP contribution in [-0.4, -0.2) is 14.7 Å². The Morgan fingerprint density at radius 3 is 1.14 bits per heavy atom. The van der Waals surface area contributed by atoms with Crippen molar-refractivity contribution in [3.63, 3.8) is 0 Å². The first kappa shape index (κ1) is 15.9. The van der Waals surface area contributed by atoms with Crippen LogP contribution in [0.5, 0.6) is 0 Å². The fourth-order valence-electron chi connectivity index (χ4n) is 0. The third-order valence-electron chi connectivity index (χ3n) is 0. The van der Waals surface area contributed by atoms with Crippen LogP contribution in [0.4, 0.5) is 0 Å². The first-order valence-electron chi connectivity index (χ1n) is 0.783. The normalized spacial score (nSPS) is 8.43. The van der Waals surface area contributed by atoms with E-state index in [2.05, 4.69) is 0 Å². The Morgan fingerprint density at radius 2 is 1.14 bits per heavy atom. The van der Waals surface area contributed by atoms with Crippen LogP contribution in [0.1, 0.15) is 0 Å². The van der Waals surface area contributed by atoms with E-state index in [1.54, 1.807) is 0 Å². The summed E-state index contributed by atoms with van der Waals surface area (Å²) in [6.07, 6.45) is 0. The number of hydrogen-bond acceptors (Lipinski definition) is 1. The quantitative estimate of drug-likeness (QED) is 0.384. The minimum Gasteiger partial charge on any atom is -0.303 e. The summed E-state index contributed by atoms with van der Waals surface area (Å²) in [6.45, 7) is 0. The van der Waals surface area contributed by atoms with Crippen molar-refractivity contribution in [1.82, 2.24) is 0 Å². The maximum atomic E-state index is 8.88. The summed E-state index contributed by atoms with van der Waals surface area (Å²) in [5.74, 6) is 0. The molecule has 0 aromatic rings. The molecule has 0 rings (SSSR count). The van der Waals surface area contributed by atoms with Crippen LogP contribution in [0.15, 0.2) is 0 Å². The van der Waals surface area contributed by atoms with Crippen molar-refractivity contribution in [3.05, 3.63) is 0 Å². The zero-order valence-electron chi connectivity index (χ0n) is 3.48. The third-order valence-corrected chi connectivity index (χ3v) is 0. The molecule has 0 heterocycles. The van der Waals surface area contributed by atoms with Gasteiger partial charge in [0.25, 0.3) is 0 Å². The van der Waals surface area contributed by atoms with Gasteiger partial charge >= 0.3 is 7.82 Å². The first-order valence-corrected chi connectivity index (χ1v) is 2.35. The standard InChI is InChI=1S/H3O4P.Y.Zn/c1-5(2,3)4;;/h(H3,1,2,3,4);;. The van der Waals surface area contributed by atoms with Gasteiger partial charge in [0.15, 0.2) is 0 Å². The van der Waals surface area contributed by atoms with Crippen molar-refractivity contribution in [2.24, 2.45) is 0 Å². The second-order valence-electron chi connectivity index (χ2n) is 0.513. The van der Waals surface area contributed by atoms with Crippen LogP contribution in [-0.2, 0) is 56.8 Å². The molecule has 0 fully saturated rings. The predicted molar refractivity (Wildman–Crippen MR) is 14.3 cm³/mol. The van der Waals surface area contributed by atoms with E-state index in [0.29, 0.717) is 0 Å². The summed E-state index contributed by atoms with van der Waals surface area (Å²) < 4.78 is 8.88. The number of phosphoric acid groups is 1. The molecule has 0 atom stereocenters. The van der Waals surface area contributed by atoms with Crippen molar-refractivity contribution >= 4 is 7.82 Å². The second kappa shape index (κ2) is 5.96. The molecule has 0 amide bonds. The van der Waals surface area contributed by atoms with Gasteiger partial charge in [-0.3, -0.25) is 0 Å². The van der Waals surface area contributed by atoms with Crippen molar-refractivity contribution in [3.8, 4) is 0 Å².